The molecule has 3 N–H and O–H groups in total. The van der Waals surface area contributed by atoms with Crippen molar-refractivity contribution in [1.82, 2.24) is 0 Å². The molecule has 6 heteroatoms. The van der Waals surface area contributed by atoms with Crippen LogP contribution in [0.1, 0.15) is 6.42 Å². The summed E-state index contributed by atoms with van der Waals surface area (Å²) < 4.78 is 25.5. The van der Waals surface area contributed by atoms with E-state index in [1.807, 2.05) is 6.26 Å². The topological polar surface area (TPSA) is 55.1 Å². The lowest BCUT2D eigenvalue weighted by Crippen LogP contribution is -2.36. The minimum atomic E-state index is -1.000. The normalized spacial score (nSPS) is 12.2. The number of nitrogens with one attached hydrogen (secondary N) is 1. The maximum Gasteiger partial charge on any atom is 0.241 e. The summed E-state index contributed by atoms with van der Waals surface area (Å²) >= 11 is 1.59. The molecule has 0 heterocycles. The van der Waals surface area contributed by atoms with Crippen molar-refractivity contribution in [3.8, 4) is 0 Å². The van der Waals surface area contributed by atoms with Gasteiger partial charge in [-0.3, -0.25) is 4.79 Å². The number of amides is 1. The van der Waals surface area contributed by atoms with E-state index in [4.69, 9.17) is 5.73 Å². The van der Waals surface area contributed by atoms with Crippen LogP contribution in [-0.4, -0.2) is 24.0 Å². The van der Waals surface area contributed by atoms with E-state index >= 15 is 0 Å². The lowest BCUT2D eigenvalue weighted by atomic mass is 10.2. The van der Waals surface area contributed by atoms with Gasteiger partial charge in [0.05, 0.1) is 6.04 Å². The Morgan fingerprint density at radius 3 is 2.76 bits per heavy atom. The van der Waals surface area contributed by atoms with Crippen molar-refractivity contribution >= 4 is 23.4 Å². The summed E-state index contributed by atoms with van der Waals surface area (Å²) in [6, 6.07) is 2.53. The summed E-state index contributed by atoms with van der Waals surface area (Å²) in [6.07, 6.45) is 2.46. The summed E-state index contributed by atoms with van der Waals surface area (Å²) in [6.45, 7) is 0. The Labute approximate surface area is 103 Å². The molecule has 0 bridgehead atoms. The molecule has 0 unspecified atom stereocenters. The van der Waals surface area contributed by atoms with Gasteiger partial charge in [0, 0.05) is 11.8 Å². The molecule has 0 aliphatic rings. The van der Waals surface area contributed by atoms with E-state index in [-0.39, 0.29) is 5.69 Å². The zero-order valence-electron chi connectivity index (χ0n) is 9.37. The van der Waals surface area contributed by atoms with Crippen LogP contribution in [0.5, 0.6) is 0 Å². The third-order valence-electron chi connectivity index (χ3n) is 2.16. The highest BCUT2D eigenvalue weighted by Crippen LogP contribution is 2.13. The van der Waals surface area contributed by atoms with E-state index in [1.165, 1.54) is 6.07 Å². The van der Waals surface area contributed by atoms with Gasteiger partial charge in [0.1, 0.15) is 0 Å². The summed E-state index contributed by atoms with van der Waals surface area (Å²) in [5, 5.41) is 2.44. The Morgan fingerprint density at radius 1 is 1.47 bits per heavy atom. The van der Waals surface area contributed by atoms with Gasteiger partial charge in [-0.15, -0.1) is 0 Å². The average molecular weight is 260 g/mol. The molecule has 0 saturated carbocycles. The second-order valence-corrected chi connectivity index (χ2v) is 4.49. The van der Waals surface area contributed by atoms with Crippen molar-refractivity contribution in [3.05, 3.63) is 29.8 Å². The van der Waals surface area contributed by atoms with Crippen molar-refractivity contribution in [1.29, 1.82) is 0 Å². The largest absolute Gasteiger partial charge is 0.325 e. The summed E-state index contributed by atoms with van der Waals surface area (Å²) in [4.78, 5) is 11.6. The summed E-state index contributed by atoms with van der Waals surface area (Å²) in [5.74, 6) is -1.58. The second-order valence-electron chi connectivity index (χ2n) is 3.51. The molecule has 1 rings (SSSR count). The Hall–Kier alpha value is -1.14. The first-order valence-electron chi connectivity index (χ1n) is 5.05. The third kappa shape index (κ3) is 4.32. The van der Waals surface area contributed by atoms with Crippen LogP contribution in [0.2, 0.25) is 0 Å². The predicted octanol–water partition coefficient (Wildman–Crippen LogP) is 1.98. The molecular weight excluding hydrogens is 246 g/mol. The highest BCUT2D eigenvalue weighted by atomic mass is 32.2. The molecule has 0 aliphatic heterocycles. The maximum atomic E-state index is 12.9. The first-order chi connectivity index (χ1) is 8.04. The Balaban J connectivity index is 2.58. The number of carbonyl (C=O) groups excluding carboxylic acids is 1. The standard InChI is InChI=1S/C11H14F2N2OS/c1-17-5-4-10(14)11(16)15-7-2-3-8(12)9(13)6-7/h2-3,6,10H,4-5,14H2,1H3,(H,15,16)/t10-/m0/s1. The Morgan fingerprint density at radius 2 is 2.18 bits per heavy atom. The van der Waals surface area contributed by atoms with Crippen LogP contribution < -0.4 is 11.1 Å². The quantitative estimate of drug-likeness (QED) is 0.851. The minimum Gasteiger partial charge on any atom is -0.325 e. The summed E-state index contributed by atoms with van der Waals surface area (Å²) in [5.41, 5.74) is 5.83. The highest BCUT2D eigenvalue weighted by molar-refractivity contribution is 7.98. The summed E-state index contributed by atoms with van der Waals surface area (Å²) in [7, 11) is 0. The van der Waals surface area contributed by atoms with Crippen molar-refractivity contribution in [2.24, 2.45) is 5.73 Å². The van der Waals surface area contributed by atoms with Crippen LogP contribution in [0.3, 0.4) is 0 Å². The fraction of sp³-hybridized carbons (Fsp3) is 0.364. The molecule has 0 fully saturated rings. The number of anilines is 1. The Kier molecular flexibility index (Phi) is 5.37. The predicted molar refractivity (Wildman–Crippen MR) is 66.0 cm³/mol. The molecule has 0 aliphatic carbocycles. The lowest BCUT2D eigenvalue weighted by Gasteiger charge is -2.11. The van der Waals surface area contributed by atoms with Crippen molar-refractivity contribution in [2.75, 3.05) is 17.3 Å². The molecule has 1 amide bonds. The fourth-order valence-electron chi connectivity index (χ4n) is 1.18. The van der Waals surface area contributed by atoms with E-state index in [0.717, 1.165) is 17.9 Å². The van der Waals surface area contributed by atoms with Gasteiger partial charge in [-0.05, 0) is 30.6 Å². The van der Waals surface area contributed by atoms with Crippen molar-refractivity contribution in [2.45, 2.75) is 12.5 Å². The first kappa shape index (κ1) is 13.9. The van der Waals surface area contributed by atoms with Crippen molar-refractivity contribution in [3.63, 3.8) is 0 Å². The molecule has 1 atom stereocenters. The first-order valence-corrected chi connectivity index (χ1v) is 6.44. The number of hydrogen-bond donors (Lipinski definition) is 2. The second kappa shape index (κ2) is 6.56. The molecule has 17 heavy (non-hydrogen) atoms. The molecule has 0 saturated heterocycles. The minimum absolute atomic E-state index is 0.202. The van der Waals surface area contributed by atoms with Gasteiger partial charge in [0.25, 0.3) is 0 Å². The number of nitrogens with two attached hydrogens (primary N) is 1. The van der Waals surface area contributed by atoms with Gasteiger partial charge in [-0.1, -0.05) is 0 Å². The zero-order valence-corrected chi connectivity index (χ0v) is 10.2. The number of halogens is 2. The SMILES string of the molecule is CSCC[C@H](N)C(=O)Nc1ccc(F)c(F)c1. The van der Waals surface area contributed by atoms with E-state index in [0.29, 0.717) is 6.42 Å². The Bertz CT molecular complexity index is 401. The van der Waals surface area contributed by atoms with E-state index in [1.54, 1.807) is 11.8 Å². The van der Waals surface area contributed by atoms with Gasteiger partial charge in [-0.2, -0.15) is 11.8 Å². The van der Waals surface area contributed by atoms with Crippen LogP contribution in [0.15, 0.2) is 18.2 Å². The van der Waals surface area contributed by atoms with Gasteiger partial charge in [0.15, 0.2) is 11.6 Å². The van der Waals surface area contributed by atoms with E-state index < -0.39 is 23.6 Å². The van der Waals surface area contributed by atoms with Gasteiger partial charge >= 0.3 is 0 Å². The molecule has 3 nitrogen and oxygen atoms in total. The van der Waals surface area contributed by atoms with Crippen LogP contribution in [0.4, 0.5) is 14.5 Å². The van der Waals surface area contributed by atoms with Crippen LogP contribution in [-0.2, 0) is 4.79 Å². The van der Waals surface area contributed by atoms with Crippen LogP contribution in [0, 0.1) is 11.6 Å². The fourth-order valence-corrected chi connectivity index (χ4v) is 1.67. The van der Waals surface area contributed by atoms with Crippen molar-refractivity contribution < 1.29 is 13.6 Å². The molecule has 0 spiro atoms. The molecule has 1 aromatic carbocycles. The number of rotatable bonds is 5. The molecule has 0 radical (unpaired) electrons. The van der Waals surface area contributed by atoms with E-state index in [2.05, 4.69) is 5.32 Å². The van der Waals surface area contributed by atoms with Crippen LogP contribution >= 0.6 is 11.8 Å². The molecular formula is C11H14F2N2OS. The molecule has 94 valence electrons. The number of benzene rings is 1. The molecule has 1 aromatic rings. The van der Waals surface area contributed by atoms with Gasteiger partial charge in [-0.25, -0.2) is 8.78 Å². The third-order valence-corrected chi connectivity index (χ3v) is 2.80. The number of hydrogen-bond acceptors (Lipinski definition) is 3. The van der Waals surface area contributed by atoms with E-state index in [9.17, 15) is 13.6 Å². The van der Waals surface area contributed by atoms with Gasteiger partial charge in [0.2, 0.25) is 5.91 Å². The average Bonchev–Trinajstić information content (AvgIpc) is 2.30. The zero-order chi connectivity index (χ0) is 12.8. The maximum absolute atomic E-state index is 12.9. The van der Waals surface area contributed by atoms with Gasteiger partial charge < -0.3 is 11.1 Å². The monoisotopic (exact) mass is 260 g/mol. The smallest absolute Gasteiger partial charge is 0.241 e. The lowest BCUT2D eigenvalue weighted by molar-refractivity contribution is -0.117. The number of thioether (sulfide) groups is 1. The molecule has 0 aromatic heterocycles. The van der Waals surface area contributed by atoms with Crippen LogP contribution in [0.25, 0.3) is 0 Å². The highest BCUT2D eigenvalue weighted by Gasteiger charge is 2.13. The number of carbonyl (C=O) groups is 1.